The van der Waals surface area contributed by atoms with E-state index in [2.05, 4.69) is 22.6 Å². The first-order valence-electron chi connectivity index (χ1n) is 6.62. The van der Waals surface area contributed by atoms with Crippen molar-refractivity contribution in [3.05, 3.63) is 43.8 Å². The van der Waals surface area contributed by atoms with Gasteiger partial charge in [-0.05, 0) is 54.6 Å². The van der Waals surface area contributed by atoms with Gasteiger partial charge in [0.2, 0.25) is 5.43 Å². The minimum Gasteiger partial charge on any atom is -0.462 e. The number of aromatic nitrogens is 1. The van der Waals surface area contributed by atoms with Crippen molar-refractivity contribution in [1.82, 2.24) is 4.57 Å². The molecule has 21 heavy (non-hydrogen) atoms. The molecule has 0 aliphatic carbocycles. The Morgan fingerprint density at radius 1 is 1.48 bits per heavy atom. The average Bonchev–Trinajstić information content (AvgIpc) is 2.47. The van der Waals surface area contributed by atoms with Crippen molar-refractivity contribution in [1.29, 1.82) is 0 Å². The summed E-state index contributed by atoms with van der Waals surface area (Å²) in [5, 5.41) is 9.84. The number of benzene rings is 1. The predicted octanol–water partition coefficient (Wildman–Crippen LogP) is 2.34. The number of aliphatic hydroxyl groups excluding tert-OH is 1. The second kappa shape index (κ2) is 6.57. The van der Waals surface area contributed by atoms with Crippen molar-refractivity contribution in [2.75, 3.05) is 13.2 Å². The van der Waals surface area contributed by atoms with Gasteiger partial charge in [0.15, 0.2) is 0 Å². The summed E-state index contributed by atoms with van der Waals surface area (Å²) in [5.74, 6) is -0.637. The lowest BCUT2D eigenvalue weighted by molar-refractivity contribution is 0.0523. The fourth-order valence-corrected chi connectivity index (χ4v) is 2.63. The lowest BCUT2D eigenvalue weighted by atomic mass is 10.1. The number of carbonyl (C=O) groups is 1. The van der Waals surface area contributed by atoms with Crippen LogP contribution in [0, 0.1) is 3.57 Å². The number of esters is 1. The van der Waals surface area contributed by atoms with Gasteiger partial charge in [-0.1, -0.05) is 0 Å². The zero-order chi connectivity index (χ0) is 15.6. The van der Waals surface area contributed by atoms with Gasteiger partial charge in [0.25, 0.3) is 0 Å². The number of halogens is 1. The molecule has 1 atom stereocenters. The van der Waals surface area contributed by atoms with E-state index in [1.807, 2.05) is 19.1 Å². The molecular formula is C15H16INO4. The largest absolute Gasteiger partial charge is 0.462 e. The number of ether oxygens (including phenoxy) is 1. The molecule has 0 unspecified atom stereocenters. The second-order valence-electron chi connectivity index (χ2n) is 4.69. The van der Waals surface area contributed by atoms with E-state index in [0.717, 1.165) is 3.57 Å². The fourth-order valence-electron chi connectivity index (χ4n) is 2.13. The van der Waals surface area contributed by atoms with Crippen LogP contribution in [0.25, 0.3) is 10.9 Å². The van der Waals surface area contributed by atoms with Gasteiger partial charge in [0.1, 0.15) is 5.56 Å². The van der Waals surface area contributed by atoms with Crippen LogP contribution in [-0.2, 0) is 4.74 Å². The highest BCUT2D eigenvalue weighted by Crippen LogP contribution is 2.19. The molecule has 1 heterocycles. The molecule has 1 N–H and O–H groups in total. The number of fused-ring (bicyclic) bond motifs is 1. The molecule has 112 valence electrons. The molecule has 0 radical (unpaired) electrons. The monoisotopic (exact) mass is 401 g/mol. The van der Waals surface area contributed by atoms with Gasteiger partial charge in [0.05, 0.1) is 24.8 Å². The van der Waals surface area contributed by atoms with Gasteiger partial charge in [-0.25, -0.2) is 4.79 Å². The maximum absolute atomic E-state index is 12.5. The molecular weight excluding hydrogens is 385 g/mol. The number of aliphatic hydroxyl groups is 1. The molecule has 1 aromatic carbocycles. The van der Waals surface area contributed by atoms with E-state index in [0.29, 0.717) is 10.9 Å². The molecule has 6 heteroatoms. The molecule has 0 saturated carbocycles. The zero-order valence-electron chi connectivity index (χ0n) is 11.8. The number of nitrogens with zero attached hydrogens (tertiary/aromatic N) is 1. The van der Waals surface area contributed by atoms with Crippen LogP contribution in [0.1, 0.15) is 30.2 Å². The van der Waals surface area contributed by atoms with E-state index in [4.69, 9.17) is 4.74 Å². The van der Waals surface area contributed by atoms with E-state index < -0.39 is 5.97 Å². The third-order valence-electron chi connectivity index (χ3n) is 3.23. The van der Waals surface area contributed by atoms with Crippen molar-refractivity contribution in [2.45, 2.75) is 19.9 Å². The quantitative estimate of drug-likeness (QED) is 0.631. The Labute approximate surface area is 135 Å². The molecule has 0 saturated heterocycles. The lowest BCUT2D eigenvalue weighted by Crippen LogP contribution is -2.23. The molecule has 0 spiro atoms. The predicted molar refractivity (Wildman–Crippen MR) is 88.7 cm³/mol. The number of rotatable bonds is 4. The molecule has 0 amide bonds. The van der Waals surface area contributed by atoms with Crippen LogP contribution in [0.3, 0.4) is 0 Å². The highest BCUT2D eigenvalue weighted by molar-refractivity contribution is 14.1. The van der Waals surface area contributed by atoms with Crippen molar-refractivity contribution in [3.8, 4) is 0 Å². The summed E-state index contributed by atoms with van der Waals surface area (Å²) >= 11 is 2.11. The Hall–Kier alpha value is -1.41. The Morgan fingerprint density at radius 2 is 2.19 bits per heavy atom. The summed E-state index contributed by atoms with van der Waals surface area (Å²) in [7, 11) is 0. The topological polar surface area (TPSA) is 68.5 Å². The van der Waals surface area contributed by atoms with Crippen LogP contribution in [0.4, 0.5) is 0 Å². The van der Waals surface area contributed by atoms with Gasteiger partial charge in [-0.2, -0.15) is 0 Å². The van der Waals surface area contributed by atoms with E-state index in [1.165, 1.54) is 6.20 Å². The summed E-state index contributed by atoms with van der Waals surface area (Å²) < 4.78 is 7.58. The van der Waals surface area contributed by atoms with Crippen LogP contribution < -0.4 is 5.43 Å². The first-order valence-corrected chi connectivity index (χ1v) is 7.69. The minimum absolute atomic E-state index is 0.00773. The molecule has 0 aliphatic rings. The average molecular weight is 401 g/mol. The van der Waals surface area contributed by atoms with E-state index >= 15 is 0 Å². The van der Waals surface area contributed by atoms with Crippen molar-refractivity contribution in [3.63, 3.8) is 0 Å². The van der Waals surface area contributed by atoms with E-state index in [9.17, 15) is 14.7 Å². The van der Waals surface area contributed by atoms with Crippen molar-refractivity contribution >= 4 is 39.5 Å². The normalized spacial score (nSPS) is 12.4. The maximum Gasteiger partial charge on any atom is 0.343 e. The number of hydrogen-bond donors (Lipinski definition) is 1. The Morgan fingerprint density at radius 3 is 2.81 bits per heavy atom. The van der Waals surface area contributed by atoms with Crippen molar-refractivity contribution in [2.24, 2.45) is 0 Å². The first-order chi connectivity index (χ1) is 9.99. The zero-order valence-corrected chi connectivity index (χ0v) is 14.0. The summed E-state index contributed by atoms with van der Waals surface area (Å²) in [4.78, 5) is 24.4. The summed E-state index contributed by atoms with van der Waals surface area (Å²) in [6.07, 6.45) is 1.47. The minimum atomic E-state index is -0.637. The van der Waals surface area contributed by atoms with Gasteiger partial charge < -0.3 is 14.4 Å². The highest BCUT2D eigenvalue weighted by atomic mass is 127. The van der Waals surface area contributed by atoms with Gasteiger partial charge in [-0.3, -0.25) is 4.79 Å². The molecule has 1 aromatic heterocycles. The molecule has 5 nitrogen and oxygen atoms in total. The molecule has 0 fully saturated rings. The molecule has 2 rings (SSSR count). The molecule has 0 bridgehead atoms. The number of hydrogen-bond acceptors (Lipinski definition) is 4. The van der Waals surface area contributed by atoms with Crippen LogP contribution in [0.2, 0.25) is 0 Å². The fraction of sp³-hybridized carbons (Fsp3) is 0.333. The standard InChI is InChI=1S/C15H16INO4/c1-3-21-15(20)12-7-17(9(2)8-18)13-5-4-10(16)6-11(13)14(12)19/h4-7,9,18H,3,8H2,1-2H3/t9-/m0/s1. The third-order valence-corrected chi connectivity index (χ3v) is 3.90. The lowest BCUT2D eigenvalue weighted by Gasteiger charge is -2.18. The number of carbonyl (C=O) groups excluding carboxylic acids is 1. The smallest absolute Gasteiger partial charge is 0.343 e. The third kappa shape index (κ3) is 3.11. The highest BCUT2D eigenvalue weighted by Gasteiger charge is 2.18. The van der Waals surface area contributed by atoms with E-state index in [-0.39, 0.29) is 30.2 Å². The first kappa shape index (κ1) is 16.0. The Balaban J connectivity index is 2.79. The van der Waals surface area contributed by atoms with Crippen LogP contribution in [0.5, 0.6) is 0 Å². The summed E-state index contributed by atoms with van der Waals surface area (Å²) in [6.45, 7) is 3.62. The molecule has 2 aromatic rings. The SMILES string of the molecule is CCOC(=O)c1cn([C@@H](C)CO)c2ccc(I)cc2c1=O. The van der Waals surface area contributed by atoms with Gasteiger partial charge >= 0.3 is 5.97 Å². The Bertz CT molecular complexity index is 738. The summed E-state index contributed by atoms with van der Waals surface area (Å²) in [6, 6.07) is 5.19. The second-order valence-corrected chi connectivity index (χ2v) is 5.94. The van der Waals surface area contributed by atoms with Crippen LogP contribution in [0.15, 0.2) is 29.2 Å². The van der Waals surface area contributed by atoms with Crippen LogP contribution >= 0.6 is 22.6 Å². The van der Waals surface area contributed by atoms with Crippen molar-refractivity contribution < 1.29 is 14.6 Å². The molecule has 0 aliphatic heterocycles. The van der Waals surface area contributed by atoms with Crippen LogP contribution in [-0.4, -0.2) is 28.9 Å². The summed E-state index contributed by atoms with van der Waals surface area (Å²) in [5.41, 5.74) is 0.338. The van der Waals surface area contributed by atoms with E-state index in [1.54, 1.807) is 17.6 Å². The maximum atomic E-state index is 12.5. The number of pyridine rings is 1. The van der Waals surface area contributed by atoms with Gasteiger partial charge in [0, 0.05) is 15.2 Å². The van der Waals surface area contributed by atoms with Gasteiger partial charge in [-0.15, -0.1) is 0 Å². The Kier molecular flexibility index (Phi) is 5.00.